The molecule has 0 aromatic carbocycles. The zero-order valence-electron chi connectivity index (χ0n) is 12.9. The van der Waals surface area contributed by atoms with E-state index in [1.807, 2.05) is 13.8 Å². The van der Waals surface area contributed by atoms with E-state index in [-0.39, 0.29) is 12.0 Å². The van der Waals surface area contributed by atoms with Gasteiger partial charge in [-0.3, -0.25) is 4.79 Å². The van der Waals surface area contributed by atoms with Crippen LogP contribution in [0.25, 0.3) is 0 Å². The largest absolute Gasteiger partial charge is 0.378 e. The molecule has 1 aliphatic rings. The van der Waals surface area contributed by atoms with Gasteiger partial charge in [0.05, 0.1) is 11.6 Å². The monoisotopic (exact) mass is 270 g/mol. The summed E-state index contributed by atoms with van der Waals surface area (Å²) in [5.74, 6) is 0.292. The highest BCUT2D eigenvalue weighted by Gasteiger charge is 2.38. The molecule has 1 fully saturated rings. The van der Waals surface area contributed by atoms with Crippen LogP contribution in [0.1, 0.15) is 59.8 Å². The first-order valence-electron chi connectivity index (χ1n) is 7.56. The second-order valence-electron chi connectivity index (χ2n) is 6.36. The molecule has 112 valence electrons. The van der Waals surface area contributed by atoms with E-state index in [0.29, 0.717) is 18.4 Å². The smallest absolute Gasteiger partial charge is 0.237 e. The molecule has 19 heavy (non-hydrogen) atoms. The maximum absolute atomic E-state index is 11.7. The number of carbonyl (C=O) groups excluding carboxylic acids is 1. The zero-order valence-corrected chi connectivity index (χ0v) is 12.9. The highest BCUT2D eigenvalue weighted by molar-refractivity contribution is 5.84. The van der Waals surface area contributed by atoms with Gasteiger partial charge in [-0.05, 0) is 39.0 Å². The Morgan fingerprint density at radius 3 is 2.58 bits per heavy atom. The van der Waals surface area contributed by atoms with Crippen molar-refractivity contribution in [3.8, 4) is 0 Å². The number of amides is 1. The lowest BCUT2D eigenvalue weighted by Crippen LogP contribution is -2.55. The van der Waals surface area contributed by atoms with Gasteiger partial charge in [-0.25, -0.2) is 0 Å². The van der Waals surface area contributed by atoms with Crippen molar-refractivity contribution in [2.45, 2.75) is 77.5 Å². The van der Waals surface area contributed by atoms with Gasteiger partial charge in [0.25, 0.3) is 0 Å². The molecular formula is C15H30N2O2. The van der Waals surface area contributed by atoms with Crippen LogP contribution in [0, 0.1) is 5.92 Å². The summed E-state index contributed by atoms with van der Waals surface area (Å²) < 4.78 is 5.86. The normalized spacial score (nSPS) is 21.7. The highest BCUT2D eigenvalue weighted by atomic mass is 16.5. The van der Waals surface area contributed by atoms with E-state index >= 15 is 0 Å². The molecule has 0 aromatic heterocycles. The zero-order chi connectivity index (χ0) is 14.5. The third-order valence-corrected chi connectivity index (χ3v) is 3.79. The summed E-state index contributed by atoms with van der Waals surface area (Å²) >= 11 is 0. The van der Waals surface area contributed by atoms with Crippen LogP contribution in [0.4, 0.5) is 0 Å². The molecule has 1 aliphatic carbocycles. The Labute approximate surface area is 117 Å². The van der Waals surface area contributed by atoms with E-state index in [0.717, 1.165) is 19.4 Å². The average Bonchev–Trinajstić information content (AvgIpc) is 3.10. The van der Waals surface area contributed by atoms with E-state index in [1.54, 1.807) is 0 Å². The third kappa shape index (κ3) is 5.91. The van der Waals surface area contributed by atoms with Crippen LogP contribution >= 0.6 is 0 Å². The number of rotatable bonds is 10. The van der Waals surface area contributed by atoms with Crippen LogP contribution in [-0.2, 0) is 9.53 Å². The number of carbonyl (C=O) groups is 1. The van der Waals surface area contributed by atoms with E-state index in [4.69, 9.17) is 10.5 Å². The average molecular weight is 270 g/mol. The Hall–Kier alpha value is -0.610. The maximum Gasteiger partial charge on any atom is 0.237 e. The Morgan fingerprint density at radius 1 is 1.47 bits per heavy atom. The van der Waals surface area contributed by atoms with Gasteiger partial charge in [0.15, 0.2) is 0 Å². The van der Waals surface area contributed by atoms with E-state index in [9.17, 15) is 4.79 Å². The van der Waals surface area contributed by atoms with Gasteiger partial charge >= 0.3 is 0 Å². The first-order chi connectivity index (χ1) is 8.87. The highest BCUT2D eigenvalue weighted by Crippen LogP contribution is 2.25. The number of primary amides is 1. The molecule has 0 aromatic rings. The minimum atomic E-state index is -0.644. The van der Waals surface area contributed by atoms with Gasteiger partial charge in [-0.15, -0.1) is 0 Å². The standard InChI is InChI=1S/C15H30N2O2/c1-5-6-11(2)10-19-12(3)9-15(4,14(16)18)17-13-7-8-13/h11-13,17H,5-10H2,1-4H3,(H2,16,18). The predicted octanol–water partition coefficient (Wildman–Crippen LogP) is 2.21. The van der Waals surface area contributed by atoms with E-state index < -0.39 is 5.54 Å². The van der Waals surface area contributed by atoms with Crippen molar-refractivity contribution in [3.63, 3.8) is 0 Å². The second-order valence-corrected chi connectivity index (χ2v) is 6.36. The molecule has 0 radical (unpaired) electrons. The van der Waals surface area contributed by atoms with Gasteiger partial charge in [-0.1, -0.05) is 20.3 Å². The molecule has 1 saturated carbocycles. The van der Waals surface area contributed by atoms with E-state index in [1.165, 1.54) is 12.8 Å². The molecular weight excluding hydrogens is 240 g/mol. The third-order valence-electron chi connectivity index (χ3n) is 3.79. The summed E-state index contributed by atoms with van der Waals surface area (Å²) in [5.41, 5.74) is 4.90. The van der Waals surface area contributed by atoms with E-state index in [2.05, 4.69) is 19.2 Å². The van der Waals surface area contributed by atoms with Crippen molar-refractivity contribution in [3.05, 3.63) is 0 Å². The molecule has 3 N–H and O–H groups in total. The molecule has 0 spiro atoms. The van der Waals surface area contributed by atoms with Gasteiger partial charge in [0, 0.05) is 19.1 Å². The second kappa shape index (κ2) is 7.25. The summed E-state index contributed by atoms with van der Waals surface area (Å²) in [6.07, 6.45) is 5.33. The lowest BCUT2D eigenvalue weighted by Gasteiger charge is -2.31. The Balaban J connectivity index is 2.38. The topological polar surface area (TPSA) is 64.3 Å². The van der Waals surface area contributed by atoms with Crippen molar-refractivity contribution < 1.29 is 9.53 Å². The maximum atomic E-state index is 11.7. The van der Waals surface area contributed by atoms with Gasteiger partial charge < -0.3 is 15.8 Å². The lowest BCUT2D eigenvalue weighted by atomic mass is 9.93. The quantitative estimate of drug-likeness (QED) is 0.639. The van der Waals surface area contributed by atoms with Gasteiger partial charge in [-0.2, -0.15) is 0 Å². The van der Waals surface area contributed by atoms with Crippen molar-refractivity contribution in [2.24, 2.45) is 11.7 Å². The molecule has 0 saturated heterocycles. The van der Waals surface area contributed by atoms with Gasteiger partial charge in [0.1, 0.15) is 0 Å². The van der Waals surface area contributed by atoms with Crippen molar-refractivity contribution in [1.29, 1.82) is 0 Å². The minimum Gasteiger partial charge on any atom is -0.378 e. The number of nitrogens with one attached hydrogen (secondary N) is 1. The fourth-order valence-electron chi connectivity index (χ4n) is 2.45. The summed E-state index contributed by atoms with van der Waals surface area (Å²) in [4.78, 5) is 11.7. The Bertz CT molecular complexity index is 292. The minimum absolute atomic E-state index is 0.0445. The van der Waals surface area contributed by atoms with Crippen molar-refractivity contribution in [1.82, 2.24) is 5.32 Å². The number of ether oxygens (including phenoxy) is 1. The van der Waals surface area contributed by atoms with Crippen molar-refractivity contribution in [2.75, 3.05) is 6.61 Å². The molecule has 4 heteroatoms. The van der Waals surface area contributed by atoms with Crippen LogP contribution in [0.15, 0.2) is 0 Å². The Morgan fingerprint density at radius 2 is 2.11 bits per heavy atom. The lowest BCUT2D eigenvalue weighted by molar-refractivity contribution is -0.125. The van der Waals surface area contributed by atoms with Crippen molar-refractivity contribution >= 4 is 5.91 Å². The molecule has 3 atom stereocenters. The first-order valence-corrected chi connectivity index (χ1v) is 7.56. The predicted molar refractivity (Wildman–Crippen MR) is 77.9 cm³/mol. The summed E-state index contributed by atoms with van der Waals surface area (Å²) in [6, 6.07) is 0.462. The van der Waals surface area contributed by atoms with Gasteiger partial charge in [0.2, 0.25) is 5.91 Å². The Kier molecular flexibility index (Phi) is 6.27. The van der Waals surface area contributed by atoms with Crippen LogP contribution in [0.3, 0.4) is 0 Å². The summed E-state index contributed by atoms with van der Waals surface area (Å²) in [7, 11) is 0. The summed E-state index contributed by atoms with van der Waals surface area (Å²) in [6.45, 7) is 9.06. The summed E-state index contributed by atoms with van der Waals surface area (Å²) in [5, 5.41) is 3.36. The molecule has 0 bridgehead atoms. The fraction of sp³-hybridized carbons (Fsp3) is 0.933. The first kappa shape index (κ1) is 16.4. The van der Waals surface area contributed by atoms with Crippen LogP contribution in [-0.4, -0.2) is 30.2 Å². The molecule has 1 amide bonds. The molecule has 0 aliphatic heterocycles. The van der Waals surface area contributed by atoms with Crippen LogP contribution in [0.2, 0.25) is 0 Å². The molecule has 0 heterocycles. The number of hydrogen-bond donors (Lipinski definition) is 2. The SMILES string of the molecule is CCCC(C)COC(C)CC(C)(NC1CC1)C(N)=O. The van der Waals surface area contributed by atoms with Crippen LogP contribution < -0.4 is 11.1 Å². The molecule has 4 nitrogen and oxygen atoms in total. The number of nitrogens with two attached hydrogens (primary N) is 1. The fourth-order valence-corrected chi connectivity index (χ4v) is 2.45. The molecule has 3 unspecified atom stereocenters. The molecule has 1 rings (SSSR count). The van der Waals surface area contributed by atoms with Crippen LogP contribution in [0.5, 0.6) is 0 Å². The number of hydrogen-bond acceptors (Lipinski definition) is 3.